The third-order valence-electron chi connectivity index (χ3n) is 8.12. The molecule has 1 aliphatic heterocycles. The third-order valence-corrected chi connectivity index (χ3v) is 8.12. The van der Waals surface area contributed by atoms with Gasteiger partial charge in [0, 0.05) is 24.6 Å². The van der Waals surface area contributed by atoms with E-state index in [0.29, 0.717) is 31.9 Å². The van der Waals surface area contributed by atoms with Gasteiger partial charge in [0.2, 0.25) is 5.78 Å². The highest BCUT2D eigenvalue weighted by Gasteiger charge is 2.64. The lowest BCUT2D eigenvalue weighted by molar-refractivity contribution is -0.153. The monoisotopic (exact) mass is 527 g/mol. The molecule has 1 aromatic carbocycles. The van der Waals surface area contributed by atoms with E-state index in [0.717, 1.165) is 0 Å². The number of fused-ring (bicyclic) bond motifs is 3. The number of aliphatic hydroxyl groups is 3. The van der Waals surface area contributed by atoms with Gasteiger partial charge in [-0.2, -0.15) is 0 Å². The van der Waals surface area contributed by atoms with Gasteiger partial charge in [-0.3, -0.25) is 24.1 Å². The number of amides is 2. The summed E-state index contributed by atoms with van der Waals surface area (Å²) in [6, 6.07) is 1.92. The highest BCUT2D eigenvalue weighted by Crippen LogP contribution is 2.52. The van der Waals surface area contributed by atoms with Crippen LogP contribution in [0.5, 0.6) is 5.75 Å². The topological polar surface area (TPSA) is 191 Å². The summed E-state index contributed by atoms with van der Waals surface area (Å²) >= 11 is 0. The molecule has 5 rings (SSSR count). The van der Waals surface area contributed by atoms with Gasteiger partial charge >= 0.3 is 0 Å². The summed E-state index contributed by atoms with van der Waals surface area (Å²) in [6.07, 6.45) is 0.162. The summed E-state index contributed by atoms with van der Waals surface area (Å²) in [6.45, 7) is 1.36. The molecule has 0 aromatic heterocycles. The second kappa shape index (κ2) is 8.93. The SMILES string of the molecule is CN(C)[C@@H]1C(=O)C(C(N)=O)=C(O)[C@@]2(O)C(=O)C3=C(O)c4c(ccc(C(=O)N5CCOCC5)c4O)C[C@H]3C[C@@H]12. The van der Waals surface area contributed by atoms with E-state index in [1.807, 2.05) is 0 Å². The molecule has 0 spiro atoms. The van der Waals surface area contributed by atoms with Gasteiger partial charge in [-0.15, -0.1) is 0 Å². The lowest BCUT2D eigenvalue weighted by Crippen LogP contribution is -2.65. The largest absolute Gasteiger partial charge is 0.508 e. The number of nitrogens with zero attached hydrogens (tertiary/aromatic N) is 2. The first-order chi connectivity index (χ1) is 17.9. The number of carbonyl (C=O) groups is 4. The molecule has 0 unspecified atom stereocenters. The number of ketones is 2. The number of likely N-dealkylation sites (N-methyl/N-ethyl adjacent to an activating group) is 1. The summed E-state index contributed by atoms with van der Waals surface area (Å²) < 4.78 is 5.27. The summed E-state index contributed by atoms with van der Waals surface area (Å²) in [4.78, 5) is 55.0. The van der Waals surface area contributed by atoms with E-state index in [1.165, 1.54) is 15.9 Å². The molecular formula is C26H29N3O9. The Morgan fingerprint density at radius 1 is 1.13 bits per heavy atom. The Kier molecular flexibility index (Phi) is 6.08. The number of Topliss-reactive ketones (excluding diaryl/α,β-unsaturated/α-hetero) is 2. The third kappa shape index (κ3) is 3.47. The molecule has 4 aliphatic rings. The molecule has 2 fully saturated rings. The molecule has 1 aromatic rings. The van der Waals surface area contributed by atoms with Gasteiger partial charge in [-0.05, 0) is 44.5 Å². The van der Waals surface area contributed by atoms with E-state index >= 15 is 0 Å². The smallest absolute Gasteiger partial charge is 0.257 e. The summed E-state index contributed by atoms with van der Waals surface area (Å²) in [5, 5.41) is 44.9. The number of carbonyl (C=O) groups excluding carboxylic acids is 4. The molecule has 38 heavy (non-hydrogen) atoms. The molecule has 2 amide bonds. The number of hydrogen-bond donors (Lipinski definition) is 5. The Bertz CT molecular complexity index is 1340. The van der Waals surface area contributed by atoms with E-state index in [1.54, 1.807) is 20.2 Å². The van der Waals surface area contributed by atoms with Crippen LogP contribution in [0.25, 0.3) is 5.76 Å². The molecule has 4 atom stereocenters. The number of aliphatic hydroxyl groups excluding tert-OH is 2. The summed E-state index contributed by atoms with van der Waals surface area (Å²) in [5.41, 5.74) is 1.80. The average molecular weight is 528 g/mol. The van der Waals surface area contributed by atoms with E-state index in [9.17, 15) is 39.6 Å². The van der Waals surface area contributed by atoms with Gasteiger partial charge in [0.1, 0.15) is 22.8 Å². The molecule has 3 aliphatic carbocycles. The van der Waals surface area contributed by atoms with Crippen molar-refractivity contribution in [2.75, 3.05) is 40.4 Å². The van der Waals surface area contributed by atoms with Gasteiger partial charge in [0.25, 0.3) is 11.8 Å². The van der Waals surface area contributed by atoms with E-state index in [4.69, 9.17) is 10.5 Å². The van der Waals surface area contributed by atoms with Crippen molar-refractivity contribution in [3.63, 3.8) is 0 Å². The molecular weight excluding hydrogens is 498 g/mol. The number of benzene rings is 1. The fraction of sp³-hybridized carbons (Fsp3) is 0.462. The first-order valence-corrected chi connectivity index (χ1v) is 12.3. The number of aromatic hydroxyl groups is 1. The first-order valence-electron chi connectivity index (χ1n) is 12.3. The van der Waals surface area contributed by atoms with Crippen LogP contribution in [0.3, 0.4) is 0 Å². The number of primary amides is 1. The van der Waals surface area contributed by atoms with Crippen molar-refractivity contribution in [3.05, 3.63) is 45.7 Å². The van der Waals surface area contributed by atoms with Crippen molar-refractivity contribution in [1.29, 1.82) is 0 Å². The quantitative estimate of drug-likeness (QED) is 0.318. The van der Waals surface area contributed by atoms with E-state index in [-0.39, 0.29) is 29.5 Å². The fourth-order valence-electron chi connectivity index (χ4n) is 6.33. The van der Waals surface area contributed by atoms with Crippen molar-refractivity contribution in [2.24, 2.45) is 17.6 Å². The number of hydrogen-bond acceptors (Lipinski definition) is 10. The van der Waals surface area contributed by atoms with Crippen molar-refractivity contribution in [2.45, 2.75) is 24.5 Å². The normalized spacial score (nSPS) is 29.3. The van der Waals surface area contributed by atoms with Crippen LogP contribution < -0.4 is 5.73 Å². The molecule has 1 heterocycles. The Labute approximate surface area is 217 Å². The van der Waals surface area contributed by atoms with Gasteiger partial charge in [-0.1, -0.05) is 6.07 Å². The second-order valence-electron chi connectivity index (χ2n) is 10.4. The number of morpholine rings is 1. The molecule has 6 N–H and O–H groups in total. The van der Waals surface area contributed by atoms with Crippen LogP contribution >= 0.6 is 0 Å². The van der Waals surface area contributed by atoms with Crippen molar-refractivity contribution in [3.8, 4) is 5.75 Å². The van der Waals surface area contributed by atoms with Crippen molar-refractivity contribution in [1.82, 2.24) is 9.80 Å². The average Bonchev–Trinajstić information content (AvgIpc) is 2.86. The van der Waals surface area contributed by atoms with Crippen LogP contribution in [0.2, 0.25) is 0 Å². The van der Waals surface area contributed by atoms with Crippen LogP contribution in [-0.2, 0) is 25.5 Å². The molecule has 1 saturated heterocycles. The molecule has 0 bridgehead atoms. The zero-order chi connectivity index (χ0) is 27.7. The fourth-order valence-corrected chi connectivity index (χ4v) is 6.33. The Balaban J connectivity index is 1.64. The van der Waals surface area contributed by atoms with Crippen molar-refractivity contribution < 1.29 is 44.3 Å². The molecule has 12 nitrogen and oxygen atoms in total. The molecule has 1 saturated carbocycles. The predicted molar refractivity (Wildman–Crippen MR) is 131 cm³/mol. The minimum absolute atomic E-state index is 0.000976. The number of phenols is 1. The van der Waals surface area contributed by atoms with Gasteiger partial charge in [0.15, 0.2) is 11.4 Å². The van der Waals surface area contributed by atoms with Crippen LogP contribution in [0, 0.1) is 11.8 Å². The maximum Gasteiger partial charge on any atom is 0.257 e. The zero-order valence-corrected chi connectivity index (χ0v) is 20.9. The minimum atomic E-state index is -2.71. The second-order valence-corrected chi connectivity index (χ2v) is 10.4. The maximum absolute atomic E-state index is 13.9. The van der Waals surface area contributed by atoms with E-state index in [2.05, 4.69) is 0 Å². The Morgan fingerprint density at radius 3 is 2.39 bits per heavy atom. The van der Waals surface area contributed by atoms with Crippen LogP contribution in [0.4, 0.5) is 0 Å². The summed E-state index contributed by atoms with van der Waals surface area (Å²) in [5.74, 6) is -7.75. The molecule has 0 radical (unpaired) electrons. The number of phenolic OH excluding ortho intramolecular Hbond substituents is 1. The number of ether oxygens (including phenoxy) is 1. The minimum Gasteiger partial charge on any atom is -0.508 e. The Morgan fingerprint density at radius 2 is 1.79 bits per heavy atom. The van der Waals surface area contributed by atoms with Crippen LogP contribution in [0.15, 0.2) is 29.0 Å². The standard InChI is InChI=1S/C26H29N3O9/c1-28(2)18-14-10-12-9-11-3-4-13(25(36)29-5-7-38-8-6-29)19(30)15(11)20(31)16(12)22(33)26(14,37)23(34)17(21(18)32)24(27)35/h3-4,12,14,18,30-31,34,37H,5-10H2,1-2H3,(H2,27,35)/t12-,14-,18-,26-/m0/s1. The van der Waals surface area contributed by atoms with Gasteiger partial charge < -0.3 is 35.8 Å². The van der Waals surface area contributed by atoms with E-state index < -0.39 is 69.7 Å². The van der Waals surface area contributed by atoms with Crippen LogP contribution in [-0.4, -0.2) is 106 Å². The number of nitrogens with two attached hydrogens (primary N) is 1. The lowest BCUT2D eigenvalue weighted by Gasteiger charge is -2.50. The maximum atomic E-state index is 13.9. The van der Waals surface area contributed by atoms with Crippen LogP contribution in [0.1, 0.15) is 27.9 Å². The summed E-state index contributed by atoms with van der Waals surface area (Å²) in [7, 11) is 3.08. The number of rotatable bonds is 3. The molecule has 12 heteroatoms. The van der Waals surface area contributed by atoms with Gasteiger partial charge in [-0.25, -0.2) is 0 Å². The Hall–Kier alpha value is -3.74. The highest BCUT2D eigenvalue weighted by molar-refractivity contribution is 6.24. The first kappa shape index (κ1) is 25.9. The van der Waals surface area contributed by atoms with Gasteiger partial charge in [0.05, 0.1) is 30.4 Å². The van der Waals surface area contributed by atoms with Crippen molar-refractivity contribution >= 4 is 29.1 Å². The lowest BCUT2D eigenvalue weighted by atomic mass is 9.57. The highest BCUT2D eigenvalue weighted by atomic mass is 16.5. The molecule has 202 valence electrons. The zero-order valence-electron chi connectivity index (χ0n) is 20.9. The predicted octanol–water partition coefficient (Wildman–Crippen LogP) is -0.564.